The minimum atomic E-state index is -3.02. The lowest BCUT2D eigenvalue weighted by Crippen LogP contribution is -2.44. The molecule has 1 N–H and O–H groups in total. The van der Waals surface area contributed by atoms with Crippen LogP contribution < -0.4 is 10.1 Å². The third-order valence-electron chi connectivity index (χ3n) is 3.77. The van der Waals surface area contributed by atoms with E-state index < -0.39 is 15.7 Å². The number of carbonyl (C=O) groups excluding carboxylic acids is 1. The van der Waals surface area contributed by atoms with Crippen molar-refractivity contribution >= 4 is 15.9 Å². The van der Waals surface area contributed by atoms with E-state index in [0.29, 0.717) is 19.4 Å². The Balaban J connectivity index is 1.66. The number of nitrogens with one attached hydrogen (secondary N) is 1. The molecule has 0 saturated carbocycles. The summed E-state index contributed by atoms with van der Waals surface area (Å²) in [6.45, 7) is 0.653. The highest BCUT2D eigenvalue weighted by Crippen LogP contribution is 2.17. The molecule has 1 fully saturated rings. The molecule has 23 heavy (non-hydrogen) atoms. The Morgan fingerprint density at radius 2 is 2.17 bits per heavy atom. The molecule has 1 aromatic rings. The summed E-state index contributed by atoms with van der Waals surface area (Å²) in [6.07, 6.45) is 1.000. The maximum absolute atomic E-state index is 13.3. The number of carbonyl (C=O) groups is 1. The van der Waals surface area contributed by atoms with Gasteiger partial charge in [-0.05, 0) is 25.0 Å². The number of halogens is 1. The van der Waals surface area contributed by atoms with Gasteiger partial charge in [-0.1, -0.05) is 12.1 Å². The van der Waals surface area contributed by atoms with Crippen LogP contribution in [-0.2, 0) is 9.84 Å². The topological polar surface area (TPSA) is 75.7 Å². The van der Waals surface area contributed by atoms with Crippen LogP contribution in [0.5, 0.6) is 5.75 Å². The van der Waals surface area contributed by atoms with Crippen LogP contribution in [0.4, 0.5) is 9.18 Å². The van der Waals surface area contributed by atoms with Gasteiger partial charge in [-0.2, -0.15) is 0 Å². The number of hydrogen-bond acceptors (Lipinski definition) is 4. The van der Waals surface area contributed by atoms with Crippen molar-refractivity contribution in [3.8, 4) is 5.75 Å². The molecule has 0 aliphatic carbocycles. The Hall–Kier alpha value is -1.83. The standard InChI is InChI=1S/C15H21FN2O4S/c1-18(12-7-10-23(20,21)11-12)15(19)17-8-4-9-22-14-6-3-2-5-13(14)16/h2-3,5-6,12H,4,7-11H2,1H3,(H,17,19)/t12-/m0/s1. The molecule has 2 amide bonds. The molecule has 0 unspecified atom stereocenters. The van der Waals surface area contributed by atoms with Crippen LogP contribution >= 0.6 is 0 Å². The van der Waals surface area contributed by atoms with E-state index in [1.54, 1.807) is 25.2 Å². The monoisotopic (exact) mass is 344 g/mol. The minimum absolute atomic E-state index is 0.0211. The predicted octanol–water partition coefficient (Wildman–Crippen LogP) is 1.42. The fourth-order valence-corrected chi connectivity index (χ4v) is 4.16. The van der Waals surface area contributed by atoms with Gasteiger partial charge in [-0.3, -0.25) is 0 Å². The maximum atomic E-state index is 13.3. The van der Waals surface area contributed by atoms with Crippen molar-refractivity contribution in [1.29, 1.82) is 0 Å². The van der Waals surface area contributed by atoms with E-state index in [9.17, 15) is 17.6 Å². The lowest BCUT2D eigenvalue weighted by molar-refractivity contribution is 0.194. The first-order valence-corrected chi connectivity index (χ1v) is 9.29. The first-order valence-electron chi connectivity index (χ1n) is 7.47. The summed E-state index contributed by atoms with van der Waals surface area (Å²) in [7, 11) is -1.42. The molecule has 8 heteroatoms. The number of para-hydroxylation sites is 1. The largest absolute Gasteiger partial charge is 0.490 e. The second-order valence-corrected chi connectivity index (χ2v) is 7.76. The SMILES string of the molecule is CN(C(=O)NCCCOc1ccccc1F)[C@H]1CCS(=O)(=O)C1. The number of benzene rings is 1. The highest BCUT2D eigenvalue weighted by atomic mass is 32.2. The van der Waals surface area contributed by atoms with Crippen LogP contribution in [0.25, 0.3) is 0 Å². The molecule has 0 radical (unpaired) electrons. The minimum Gasteiger partial charge on any atom is -0.490 e. The molecule has 1 atom stereocenters. The zero-order valence-electron chi connectivity index (χ0n) is 13.0. The fourth-order valence-electron chi connectivity index (χ4n) is 2.38. The molecule has 0 spiro atoms. The van der Waals surface area contributed by atoms with Crippen molar-refractivity contribution in [1.82, 2.24) is 10.2 Å². The van der Waals surface area contributed by atoms with Gasteiger partial charge in [-0.25, -0.2) is 17.6 Å². The molecule has 6 nitrogen and oxygen atoms in total. The van der Waals surface area contributed by atoms with Gasteiger partial charge >= 0.3 is 6.03 Å². The van der Waals surface area contributed by atoms with Gasteiger partial charge in [0.25, 0.3) is 0 Å². The second-order valence-electron chi connectivity index (χ2n) is 5.53. The predicted molar refractivity (Wildman–Crippen MR) is 84.7 cm³/mol. The third-order valence-corrected chi connectivity index (χ3v) is 5.52. The average molecular weight is 344 g/mol. The van der Waals surface area contributed by atoms with E-state index in [-0.39, 0.29) is 35.9 Å². The molecule has 1 saturated heterocycles. The van der Waals surface area contributed by atoms with Crippen molar-refractivity contribution in [2.45, 2.75) is 18.9 Å². The van der Waals surface area contributed by atoms with Crippen LogP contribution in [-0.4, -0.2) is 57.1 Å². The van der Waals surface area contributed by atoms with Gasteiger partial charge in [0, 0.05) is 19.6 Å². The number of sulfone groups is 1. The van der Waals surface area contributed by atoms with Gasteiger partial charge < -0.3 is 15.0 Å². The lowest BCUT2D eigenvalue weighted by atomic mass is 10.2. The molecule has 1 heterocycles. The quantitative estimate of drug-likeness (QED) is 0.792. The number of urea groups is 1. The highest BCUT2D eigenvalue weighted by Gasteiger charge is 2.32. The first kappa shape index (κ1) is 17.5. The van der Waals surface area contributed by atoms with E-state index in [2.05, 4.69) is 5.32 Å². The molecule has 1 aromatic carbocycles. The molecular weight excluding hydrogens is 323 g/mol. The van der Waals surface area contributed by atoms with Crippen molar-refractivity contribution in [2.75, 3.05) is 31.7 Å². The Morgan fingerprint density at radius 3 is 2.83 bits per heavy atom. The number of ether oxygens (including phenoxy) is 1. The maximum Gasteiger partial charge on any atom is 0.317 e. The number of amides is 2. The van der Waals surface area contributed by atoms with E-state index >= 15 is 0 Å². The Bertz CT molecular complexity index is 651. The third kappa shape index (κ3) is 5.09. The Kier molecular flexibility index (Phi) is 5.81. The smallest absolute Gasteiger partial charge is 0.317 e. The summed E-state index contributed by atoms with van der Waals surface area (Å²) in [6, 6.07) is 5.56. The Labute approximate surface area is 135 Å². The average Bonchev–Trinajstić information content (AvgIpc) is 2.87. The summed E-state index contributed by atoms with van der Waals surface area (Å²) >= 11 is 0. The number of rotatable bonds is 6. The molecular formula is C15H21FN2O4S. The molecule has 0 aromatic heterocycles. The van der Waals surface area contributed by atoms with Crippen molar-refractivity contribution < 1.29 is 22.3 Å². The fraction of sp³-hybridized carbons (Fsp3) is 0.533. The number of hydrogen-bond donors (Lipinski definition) is 1. The van der Waals surface area contributed by atoms with Gasteiger partial charge in [0.1, 0.15) is 0 Å². The summed E-state index contributed by atoms with van der Waals surface area (Å²) in [5.41, 5.74) is 0. The second kappa shape index (κ2) is 7.63. The van der Waals surface area contributed by atoms with Crippen LogP contribution in [0.15, 0.2) is 24.3 Å². The highest BCUT2D eigenvalue weighted by molar-refractivity contribution is 7.91. The molecule has 2 rings (SSSR count). The summed E-state index contributed by atoms with van der Waals surface area (Å²) in [5, 5.41) is 2.71. The first-order chi connectivity index (χ1) is 10.9. The van der Waals surface area contributed by atoms with Crippen LogP contribution in [0, 0.1) is 5.82 Å². The van der Waals surface area contributed by atoms with Crippen LogP contribution in [0.2, 0.25) is 0 Å². The Morgan fingerprint density at radius 1 is 1.43 bits per heavy atom. The molecule has 128 valence electrons. The molecule has 1 aliphatic heterocycles. The van der Waals surface area contributed by atoms with Gasteiger partial charge in [-0.15, -0.1) is 0 Å². The van der Waals surface area contributed by atoms with E-state index in [4.69, 9.17) is 4.74 Å². The van der Waals surface area contributed by atoms with Gasteiger partial charge in [0.05, 0.1) is 18.1 Å². The van der Waals surface area contributed by atoms with Crippen molar-refractivity contribution in [3.05, 3.63) is 30.1 Å². The summed E-state index contributed by atoms with van der Waals surface area (Å²) < 4.78 is 41.5. The zero-order valence-corrected chi connectivity index (χ0v) is 13.8. The summed E-state index contributed by atoms with van der Waals surface area (Å²) in [5.74, 6) is -0.0789. The van der Waals surface area contributed by atoms with E-state index in [1.807, 2.05) is 0 Å². The number of nitrogens with zero attached hydrogens (tertiary/aromatic N) is 1. The van der Waals surface area contributed by atoms with Crippen molar-refractivity contribution in [2.24, 2.45) is 0 Å². The lowest BCUT2D eigenvalue weighted by Gasteiger charge is -2.23. The van der Waals surface area contributed by atoms with Crippen molar-refractivity contribution in [3.63, 3.8) is 0 Å². The van der Waals surface area contributed by atoms with Gasteiger partial charge in [0.2, 0.25) is 0 Å². The zero-order chi connectivity index (χ0) is 16.9. The van der Waals surface area contributed by atoms with Crippen LogP contribution in [0.1, 0.15) is 12.8 Å². The van der Waals surface area contributed by atoms with E-state index in [0.717, 1.165) is 0 Å². The van der Waals surface area contributed by atoms with Gasteiger partial charge in [0.15, 0.2) is 21.4 Å². The summed E-state index contributed by atoms with van der Waals surface area (Å²) in [4.78, 5) is 13.4. The molecule has 0 bridgehead atoms. The van der Waals surface area contributed by atoms with E-state index in [1.165, 1.54) is 11.0 Å². The molecule has 1 aliphatic rings. The van der Waals surface area contributed by atoms with Crippen LogP contribution in [0.3, 0.4) is 0 Å². The normalized spacial score (nSPS) is 19.3.